The summed E-state index contributed by atoms with van der Waals surface area (Å²) in [5.41, 5.74) is 2.64. The summed E-state index contributed by atoms with van der Waals surface area (Å²) in [4.78, 5) is 13.7. The van der Waals surface area contributed by atoms with Crippen LogP contribution in [0.5, 0.6) is 0 Å². The van der Waals surface area contributed by atoms with E-state index < -0.39 is 6.62 Å². The maximum absolute atomic E-state index is 12.4. The van der Waals surface area contributed by atoms with Crippen LogP contribution in [0.4, 0.5) is 0 Å². The first-order valence-corrected chi connectivity index (χ1v) is 7.25. The fourth-order valence-electron chi connectivity index (χ4n) is 3.23. The SMILES string of the molecule is CCC1[NH2+][B-]2(O)c3ccccc3C(C(C)C)=NN2C1=O. The molecule has 1 aromatic rings. The van der Waals surface area contributed by atoms with Gasteiger partial charge in [-0.05, 0) is 11.5 Å². The van der Waals surface area contributed by atoms with Gasteiger partial charge in [-0.2, -0.15) is 0 Å². The first-order chi connectivity index (χ1) is 9.49. The Kier molecular flexibility index (Phi) is 2.95. The summed E-state index contributed by atoms with van der Waals surface area (Å²) in [5.74, 6) is 0.104. The zero-order valence-electron chi connectivity index (χ0n) is 12.1. The van der Waals surface area contributed by atoms with E-state index in [2.05, 4.69) is 18.9 Å². The number of nitrogens with two attached hydrogens (primary N) is 1. The van der Waals surface area contributed by atoms with E-state index in [1.54, 1.807) is 5.23 Å². The molecule has 3 rings (SSSR count). The molecule has 3 N–H and O–H groups in total. The lowest BCUT2D eigenvalue weighted by Gasteiger charge is -2.38. The van der Waals surface area contributed by atoms with Gasteiger partial charge in [0, 0.05) is 6.42 Å². The van der Waals surface area contributed by atoms with E-state index in [9.17, 15) is 9.82 Å². The van der Waals surface area contributed by atoms with Crippen LogP contribution in [0.2, 0.25) is 0 Å². The van der Waals surface area contributed by atoms with Crippen molar-refractivity contribution >= 4 is 23.7 Å². The molecule has 6 heteroatoms. The third-order valence-corrected chi connectivity index (χ3v) is 4.31. The van der Waals surface area contributed by atoms with Crippen molar-refractivity contribution in [1.29, 1.82) is 0 Å². The predicted molar refractivity (Wildman–Crippen MR) is 78.3 cm³/mol. The van der Waals surface area contributed by atoms with E-state index in [0.29, 0.717) is 6.42 Å². The third-order valence-electron chi connectivity index (χ3n) is 4.31. The second-order valence-electron chi connectivity index (χ2n) is 5.96. The Morgan fingerprint density at radius 3 is 2.80 bits per heavy atom. The van der Waals surface area contributed by atoms with Crippen molar-refractivity contribution < 1.29 is 15.0 Å². The minimum absolute atomic E-state index is 0.0948. The number of rotatable bonds is 2. The van der Waals surface area contributed by atoms with Gasteiger partial charge in [-0.3, -0.25) is 4.79 Å². The lowest BCUT2D eigenvalue weighted by molar-refractivity contribution is -0.562. The highest BCUT2D eigenvalue weighted by Crippen LogP contribution is 2.21. The number of amides is 1. The fourth-order valence-corrected chi connectivity index (χ4v) is 3.23. The summed E-state index contributed by atoms with van der Waals surface area (Å²) in [5, 5.41) is 17.3. The monoisotopic (exact) mass is 273 g/mol. The topological polar surface area (TPSA) is 69.5 Å². The maximum Gasteiger partial charge on any atom is 0.485 e. The molecule has 2 aliphatic heterocycles. The normalized spacial score (nSPS) is 28.4. The van der Waals surface area contributed by atoms with Crippen LogP contribution in [0.25, 0.3) is 0 Å². The van der Waals surface area contributed by atoms with Crippen LogP contribution in [0, 0.1) is 5.92 Å². The zero-order chi connectivity index (χ0) is 14.5. The Balaban J connectivity index is 2.20. The summed E-state index contributed by atoms with van der Waals surface area (Å²) < 4.78 is 0. The molecule has 1 fully saturated rings. The van der Waals surface area contributed by atoms with Gasteiger partial charge in [0.25, 0.3) is 5.91 Å². The molecule has 1 aromatic carbocycles. The number of hydrogen-bond acceptors (Lipinski definition) is 3. The van der Waals surface area contributed by atoms with Crippen molar-refractivity contribution in [1.82, 2.24) is 4.92 Å². The molecule has 2 unspecified atom stereocenters. The van der Waals surface area contributed by atoms with E-state index >= 15 is 0 Å². The van der Waals surface area contributed by atoms with Crippen molar-refractivity contribution in [2.75, 3.05) is 0 Å². The van der Waals surface area contributed by atoms with Crippen LogP contribution in [-0.2, 0) is 4.79 Å². The summed E-state index contributed by atoms with van der Waals surface area (Å²) in [7, 11) is 0. The first kappa shape index (κ1) is 13.3. The van der Waals surface area contributed by atoms with E-state index in [-0.39, 0.29) is 17.9 Å². The molecule has 0 radical (unpaired) electrons. The molecule has 0 saturated carbocycles. The minimum atomic E-state index is -2.16. The second-order valence-corrected chi connectivity index (χ2v) is 5.96. The molecule has 106 valence electrons. The molecule has 2 aliphatic rings. The summed E-state index contributed by atoms with van der Waals surface area (Å²) >= 11 is 0. The molecule has 2 heterocycles. The molecule has 0 aromatic heterocycles. The number of benzene rings is 1. The van der Waals surface area contributed by atoms with Crippen LogP contribution >= 0.6 is 0 Å². The molecular formula is C14H20BN3O2. The van der Waals surface area contributed by atoms with E-state index in [0.717, 1.165) is 16.7 Å². The average molecular weight is 273 g/mol. The first-order valence-electron chi connectivity index (χ1n) is 7.25. The van der Waals surface area contributed by atoms with Gasteiger partial charge in [0.05, 0.1) is 5.71 Å². The van der Waals surface area contributed by atoms with Gasteiger partial charge in [-0.1, -0.05) is 50.5 Å². The molecule has 2 atom stereocenters. The van der Waals surface area contributed by atoms with Crippen molar-refractivity contribution in [3.05, 3.63) is 29.8 Å². The Bertz CT molecular complexity index is 602. The van der Waals surface area contributed by atoms with Gasteiger partial charge in [0.15, 0.2) is 0 Å². The number of fused-ring (bicyclic) bond motifs is 3. The van der Waals surface area contributed by atoms with Crippen molar-refractivity contribution in [3.63, 3.8) is 0 Å². The Morgan fingerprint density at radius 2 is 2.15 bits per heavy atom. The van der Waals surface area contributed by atoms with Gasteiger partial charge < -0.3 is 15.2 Å². The molecule has 1 amide bonds. The Morgan fingerprint density at radius 1 is 1.45 bits per heavy atom. The van der Waals surface area contributed by atoms with Gasteiger partial charge in [0.2, 0.25) is 0 Å². The standard InChI is InChI=1S/C14H20BN3O2/c1-4-12-14(19)18-15(20,16-12)11-8-6-5-7-10(11)13(17-18)9(2)3/h5-9,12,20H,4,16H2,1-3H3. The fraction of sp³-hybridized carbons (Fsp3) is 0.429. The number of quaternary nitrogens is 1. The number of carbonyl (C=O) groups is 1. The van der Waals surface area contributed by atoms with Gasteiger partial charge in [-0.25, -0.2) is 5.10 Å². The maximum atomic E-state index is 12.4. The van der Waals surface area contributed by atoms with E-state index in [4.69, 9.17) is 0 Å². The lowest BCUT2D eigenvalue weighted by Crippen LogP contribution is -3.06. The largest absolute Gasteiger partial charge is 0.529 e. The Hall–Kier alpha value is -1.66. The molecular weight excluding hydrogens is 253 g/mol. The number of nitrogens with zero attached hydrogens (tertiary/aromatic N) is 2. The summed E-state index contributed by atoms with van der Waals surface area (Å²) in [6, 6.07) is 7.48. The van der Waals surface area contributed by atoms with Crippen LogP contribution in [-0.4, -0.2) is 34.2 Å². The van der Waals surface area contributed by atoms with E-state index in [1.165, 1.54) is 4.92 Å². The van der Waals surface area contributed by atoms with Crippen LogP contribution in [0.1, 0.15) is 32.8 Å². The zero-order valence-corrected chi connectivity index (χ0v) is 12.1. The minimum Gasteiger partial charge on any atom is -0.529 e. The quantitative estimate of drug-likeness (QED) is 0.705. The van der Waals surface area contributed by atoms with Crippen LogP contribution < -0.4 is 10.7 Å². The molecule has 0 aliphatic carbocycles. The number of hydrogen-bond donors (Lipinski definition) is 2. The Labute approximate surface area is 118 Å². The highest BCUT2D eigenvalue weighted by atomic mass is 16.3. The van der Waals surface area contributed by atoms with Crippen molar-refractivity contribution in [2.45, 2.75) is 33.2 Å². The smallest absolute Gasteiger partial charge is 0.485 e. The highest BCUT2D eigenvalue weighted by Gasteiger charge is 2.55. The summed E-state index contributed by atoms with van der Waals surface area (Å²) in [6.07, 6.45) is 0.689. The van der Waals surface area contributed by atoms with Crippen LogP contribution in [0.3, 0.4) is 0 Å². The average Bonchev–Trinajstić information content (AvgIpc) is 2.70. The molecule has 20 heavy (non-hydrogen) atoms. The van der Waals surface area contributed by atoms with Gasteiger partial charge in [-0.15, -0.1) is 0 Å². The number of hydrazone groups is 1. The second kappa shape index (κ2) is 4.43. The van der Waals surface area contributed by atoms with Gasteiger partial charge in [0.1, 0.15) is 6.04 Å². The van der Waals surface area contributed by atoms with Gasteiger partial charge >= 0.3 is 6.62 Å². The van der Waals surface area contributed by atoms with Crippen molar-refractivity contribution in [2.24, 2.45) is 11.0 Å². The molecule has 1 saturated heterocycles. The molecule has 5 nitrogen and oxygen atoms in total. The number of carbonyl (C=O) groups excluding carboxylic acids is 1. The van der Waals surface area contributed by atoms with Crippen molar-refractivity contribution in [3.8, 4) is 0 Å². The van der Waals surface area contributed by atoms with Crippen LogP contribution in [0.15, 0.2) is 29.4 Å². The molecule has 0 spiro atoms. The predicted octanol–water partition coefficient (Wildman–Crippen LogP) is -0.617. The van der Waals surface area contributed by atoms with E-state index in [1.807, 2.05) is 31.2 Å². The lowest BCUT2D eigenvalue weighted by atomic mass is 9.56. The third kappa shape index (κ3) is 1.65. The highest BCUT2D eigenvalue weighted by molar-refractivity contribution is 6.79. The summed E-state index contributed by atoms with van der Waals surface area (Å²) in [6.45, 7) is 3.90. The molecule has 0 bridgehead atoms.